The van der Waals surface area contributed by atoms with Crippen molar-refractivity contribution in [3.8, 4) is 0 Å². The van der Waals surface area contributed by atoms with E-state index in [1.54, 1.807) is 6.08 Å². The molecular weight excluding hydrogens is 438 g/mol. The smallest absolute Gasteiger partial charge is 1.00 e. The van der Waals surface area contributed by atoms with E-state index in [-0.39, 0.29) is 62.0 Å². The predicted octanol–water partition coefficient (Wildman–Crippen LogP) is 3.61. The van der Waals surface area contributed by atoms with Gasteiger partial charge in [-0.3, -0.25) is 4.55 Å². The number of unbranched alkanes of at least 4 members (excludes halogenated alkanes) is 22. The summed E-state index contributed by atoms with van der Waals surface area (Å²) in [5, 5.41) is 0.893. The first-order chi connectivity index (χ1) is 14.6. The normalized spacial score (nSPS) is 11.4. The zero-order valence-corrected chi connectivity index (χ0v) is 26.9. The predicted molar refractivity (Wildman–Crippen MR) is 135 cm³/mol. The van der Waals surface area contributed by atoms with E-state index in [9.17, 15) is 8.42 Å². The second-order valence-electron chi connectivity index (χ2n) is 9.10. The minimum Gasteiger partial charge on any atom is -1.00 e. The van der Waals surface area contributed by atoms with Crippen LogP contribution in [0.4, 0.5) is 0 Å². The standard InChI is InChI=1S/C26H52O3S.2Na.2H/c1-2-3-4-5-6-7-8-9-10-11-12-13-14-15-16-17-18-19-20-21-22-23-24-25-26-30(27,28)29;;;;/h25-26H,2-24H2,1H3,(H,27,28,29);;;;/q;2*+1;2*-1. The van der Waals surface area contributed by atoms with Crippen molar-refractivity contribution in [3.63, 3.8) is 0 Å². The molecule has 1 N–H and O–H groups in total. The Hall–Kier alpha value is 1.65. The molecule has 0 aromatic heterocycles. The van der Waals surface area contributed by atoms with E-state index >= 15 is 0 Å². The van der Waals surface area contributed by atoms with Crippen LogP contribution in [0.1, 0.15) is 157 Å². The van der Waals surface area contributed by atoms with Gasteiger partial charge in [0.05, 0.1) is 5.41 Å². The molecule has 0 fully saturated rings. The number of hydrogen-bond acceptors (Lipinski definition) is 2. The SMILES string of the molecule is CCCCCCCCCCCCCCCCCCCCCCCCC=CS(=O)(=O)O.[H-].[H-].[Na+].[Na+]. The van der Waals surface area contributed by atoms with Crippen LogP contribution in [0.25, 0.3) is 0 Å². The zero-order chi connectivity index (χ0) is 22.2. The molecule has 0 saturated heterocycles. The van der Waals surface area contributed by atoms with Crippen molar-refractivity contribution in [2.24, 2.45) is 0 Å². The fourth-order valence-corrected chi connectivity index (χ4v) is 4.44. The third-order valence-electron chi connectivity index (χ3n) is 5.99. The fraction of sp³-hybridized carbons (Fsp3) is 0.923. The Morgan fingerprint density at radius 3 is 1.03 bits per heavy atom. The Morgan fingerprint density at radius 2 is 0.781 bits per heavy atom. The van der Waals surface area contributed by atoms with Gasteiger partial charge in [-0.25, -0.2) is 0 Å². The van der Waals surface area contributed by atoms with Crippen molar-refractivity contribution in [3.05, 3.63) is 11.5 Å². The Morgan fingerprint density at radius 1 is 0.531 bits per heavy atom. The largest absolute Gasteiger partial charge is 1.00 e. The molecule has 0 unspecified atom stereocenters. The number of allylic oxidation sites excluding steroid dienone is 1. The van der Waals surface area contributed by atoms with Crippen LogP contribution in [-0.4, -0.2) is 13.0 Å². The first kappa shape index (κ1) is 38.2. The summed E-state index contributed by atoms with van der Waals surface area (Å²) in [4.78, 5) is 0. The van der Waals surface area contributed by atoms with Gasteiger partial charge >= 0.3 is 59.1 Å². The molecular formula is C26H54Na2O3S. The maximum absolute atomic E-state index is 10.5. The molecule has 6 heteroatoms. The minimum atomic E-state index is -3.93. The topological polar surface area (TPSA) is 54.4 Å². The first-order valence-corrected chi connectivity index (χ1v) is 14.7. The first-order valence-electron chi connectivity index (χ1n) is 13.2. The molecule has 32 heavy (non-hydrogen) atoms. The van der Waals surface area contributed by atoms with Crippen LogP contribution in [0.15, 0.2) is 11.5 Å². The van der Waals surface area contributed by atoms with Crippen LogP contribution < -0.4 is 59.1 Å². The van der Waals surface area contributed by atoms with Crippen molar-refractivity contribution in [1.82, 2.24) is 0 Å². The van der Waals surface area contributed by atoms with Gasteiger partial charge < -0.3 is 2.85 Å². The van der Waals surface area contributed by atoms with Crippen LogP contribution in [0.5, 0.6) is 0 Å². The molecule has 0 aliphatic carbocycles. The van der Waals surface area contributed by atoms with Gasteiger partial charge in [0, 0.05) is 0 Å². The van der Waals surface area contributed by atoms with Crippen LogP contribution >= 0.6 is 0 Å². The summed E-state index contributed by atoms with van der Waals surface area (Å²) >= 11 is 0. The number of rotatable bonds is 24. The van der Waals surface area contributed by atoms with E-state index in [4.69, 9.17) is 4.55 Å². The summed E-state index contributed by atoms with van der Waals surface area (Å²) in [7, 11) is -3.93. The zero-order valence-electron chi connectivity index (χ0n) is 24.1. The van der Waals surface area contributed by atoms with Gasteiger partial charge in [-0.1, -0.05) is 148 Å². The molecule has 0 saturated carbocycles. The Balaban J connectivity index is -0.000000701. The van der Waals surface area contributed by atoms with Gasteiger partial charge in [-0.2, -0.15) is 8.42 Å². The molecule has 0 aromatic carbocycles. The molecule has 0 aliphatic heterocycles. The molecule has 3 nitrogen and oxygen atoms in total. The Kier molecular flexibility index (Phi) is 36.6. The average Bonchev–Trinajstić information content (AvgIpc) is 2.70. The summed E-state index contributed by atoms with van der Waals surface area (Å²) in [6.07, 6.45) is 32.5. The monoisotopic (exact) mass is 492 g/mol. The molecule has 184 valence electrons. The van der Waals surface area contributed by atoms with Gasteiger partial charge in [0.2, 0.25) is 0 Å². The summed E-state index contributed by atoms with van der Waals surface area (Å²) in [6, 6.07) is 0. The molecule has 0 bridgehead atoms. The molecule has 0 rings (SSSR count). The molecule has 0 atom stereocenters. The third-order valence-corrected chi connectivity index (χ3v) is 6.53. The van der Waals surface area contributed by atoms with E-state index in [0.717, 1.165) is 24.7 Å². The van der Waals surface area contributed by atoms with E-state index < -0.39 is 10.1 Å². The molecule has 0 aliphatic rings. The second-order valence-corrected chi connectivity index (χ2v) is 10.4. The quantitative estimate of drug-likeness (QED) is 0.127. The van der Waals surface area contributed by atoms with E-state index in [1.807, 2.05) is 0 Å². The van der Waals surface area contributed by atoms with E-state index in [0.29, 0.717) is 0 Å². The van der Waals surface area contributed by atoms with Gasteiger partial charge in [0.1, 0.15) is 0 Å². The van der Waals surface area contributed by atoms with Crippen LogP contribution in [0.2, 0.25) is 0 Å². The van der Waals surface area contributed by atoms with E-state index in [2.05, 4.69) is 6.92 Å². The summed E-state index contributed by atoms with van der Waals surface area (Å²) in [5.41, 5.74) is 0. The molecule has 0 aromatic rings. The van der Waals surface area contributed by atoms with Gasteiger partial charge in [0.25, 0.3) is 10.1 Å². The van der Waals surface area contributed by atoms with Crippen molar-refractivity contribution in [2.45, 2.75) is 155 Å². The average molecular weight is 493 g/mol. The number of hydrogen-bond donors (Lipinski definition) is 1. The van der Waals surface area contributed by atoms with Crippen LogP contribution in [0, 0.1) is 0 Å². The van der Waals surface area contributed by atoms with Crippen molar-refractivity contribution < 1.29 is 74.9 Å². The summed E-state index contributed by atoms with van der Waals surface area (Å²) < 4.78 is 29.6. The maximum Gasteiger partial charge on any atom is 1.00 e. The summed E-state index contributed by atoms with van der Waals surface area (Å²) in [5.74, 6) is 0. The van der Waals surface area contributed by atoms with Crippen molar-refractivity contribution in [1.29, 1.82) is 0 Å². The van der Waals surface area contributed by atoms with E-state index in [1.165, 1.54) is 128 Å². The van der Waals surface area contributed by atoms with Gasteiger partial charge in [-0.15, -0.1) is 0 Å². The van der Waals surface area contributed by atoms with Gasteiger partial charge in [-0.05, 0) is 12.8 Å². The van der Waals surface area contributed by atoms with Crippen molar-refractivity contribution >= 4 is 10.1 Å². The molecule has 0 radical (unpaired) electrons. The molecule has 0 heterocycles. The maximum atomic E-state index is 10.5. The fourth-order valence-electron chi connectivity index (χ4n) is 4.06. The van der Waals surface area contributed by atoms with Crippen molar-refractivity contribution in [2.75, 3.05) is 0 Å². The van der Waals surface area contributed by atoms with Gasteiger partial charge in [0.15, 0.2) is 0 Å². The third kappa shape index (κ3) is 36.2. The Labute approximate surface area is 249 Å². The minimum absolute atomic E-state index is 0. The Bertz CT molecular complexity index is 479. The van der Waals surface area contributed by atoms with Crippen LogP contribution in [-0.2, 0) is 10.1 Å². The van der Waals surface area contributed by atoms with Crippen LogP contribution in [0.3, 0.4) is 0 Å². The summed E-state index contributed by atoms with van der Waals surface area (Å²) in [6.45, 7) is 2.29. The molecule has 0 spiro atoms. The second kappa shape index (κ2) is 30.7. The molecule has 0 amide bonds.